The van der Waals surface area contributed by atoms with Crippen LogP contribution in [0.15, 0.2) is 36.7 Å². The summed E-state index contributed by atoms with van der Waals surface area (Å²) in [5, 5.41) is 3.88. The lowest BCUT2D eigenvalue weighted by Crippen LogP contribution is -2.20. The summed E-state index contributed by atoms with van der Waals surface area (Å²) in [4.78, 5) is 8.31. The Hall–Kier alpha value is -1.65. The van der Waals surface area contributed by atoms with Crippen LogP contribution in [-0.4, -0.2) is 17.0 Å². The van der Waals surface area contributed by atoms with Crippen molar-refractivity contribution in [2.75, 3.05) is 12.8 Å². The minimum absolute atomic E-state index is 0.129. The van der Waals surface area contributed by atoms with Gasteiger partial charge < -0.3 is 11.1 Å². The number of pyridine rings is 2. The lowest BCUT2D eigenvalue weighted by atomic mass is 10.0. The van der Waals surface area contributed by atoms with Crippen LogP contribution in [0.1, 0.15) is 17.3 Å². The number of nitrogen functional groups attached to an aromatic ring is 1. The molecule has 5 heteroatoms. The number of likely N-dealkylation sites (N-methyl/N-ethyl adjacent to an activating group) is 1. The molecule has 0 aliphatic heterocycles. The van der Waals surface area contributed by atoms with Gasteiger partial charge in [0.25, 0.3) is 0 Å². The van der Waals surface area contributed by atoms with Crippen molar-refractivity contribution in [2.24, 2.45) is 0 Å². The van der Waals surface area contributed by atoms with Crippen LogP contribution in [-0.2, 0) is 6.42 Å². The highest BCUT2D eigenvalue weighted by Crippen LogP contribution is 2.18. The van der Waals surface area contributed by atoms with Crippen LogP contribution < -0.4 is 11.1 Å². The van der Waals surface area contributed by atoms with Crippen LogP contribution in [0.2, 0.25) is 5.02 Å². The van der Waals surface area contributed by atoms with E-state index in [1.807, 2.05) is 31.3 Å². The van der Waals surface area contributed by atoms with Gasteiger partial charge in [0.1, 0.15) is 5.82 Å². The molecule has 0 amide bonds. The second-order valence-corrected chi connectivity index (χ2v) is 4.47. The van der Waals surface area contributed by atoms with E-state index in [-0.39, 0.29) is 6.04 Å². The molecule has 0 radical (unpaired) electrons. The zero-order valence-corrected chi connectivity index (χ0v) is 10.9. The van der Waals surface area contributed by atoms with Gasteiger partial charge in [-0.2, -0.15) is 0 Å². The zero-order chi connectivity index (χ0) is 13.0. The Labute approximate surface area is 111 Å². The zero-order valence-electron chi connectivity index (χ0n) is 10.1. The molecule has 4 nitrogen and oxygen atoms in total. The monoisotopic (exact) mass is 262 g/mol. The molecule has 0 saturated heterocycles. The number of anilines is 1. The van der Waals surface area contributed by atoms with Gasteiger partial charge in [0, 0.05) is 12.4 Å². The van der Waals surface area contributed by atoms with Crippen LogP contribution in [0.25, 0.3) is 0 Å². The van der Waals surface area contributed by atoms with Crippen molar-refractivity contribution in [3.05, 3.63) is 52.9 Å². The number of hydrogen-bond donors (Lipinski definition) is 2. The minimum Gasteiger partial charge on any atom is -0.384 e. The van der Waals surface area contributed by atoms with Gasteiger partial charge in [0.15, 0.2) is 0 Å². The van der Waals surface area contributed by atoms with E-state index in [9.17, 15) is 0 Å². The molecule has 0 aliphatic carbocycles. The van der Waals surface area contributed by atoms with Crippen molar-refractivity contribution in [3.63, 3.8) is 0 Å². The van der Waals surface area contributed by atoms with E-state index in [1.54, 1.807) is 12.4 Å². The number of aromatic nitrogens is 2. The molecule has 2 aromatic rings. The lowest BCUT2D eigenvalue weighted by molar-refractivity contribution is 0.576. The summed E-state index contributed by atoms with van der Waals surface area (Å²) in [7, 11) is 1.91. The summed E-state index contributed by atoms with van der Waals surface area (Å²) in [5.41, 5.74) is 7.75. The predicted octanol–water partition coefficient (Wildman–Crippen LogP) is 2.22. The molecule has 0 saturated carbocycles. The highest BCUT2D eigenvalue weighted by Gasteiger charge is 2.11. The Kier molecular flexibility index (Phi) is 4.12. The Morgan fingerprint density at radius 3 is 2.78 bits per heavy atom. The average molecular weight is 263 g/mol. The first-order valence-electron chi connectivity index (χ1n) is 5.68. The fraction of sp³-hybridized carbons (Fsp3) is 0.231. The third kappa shape index (κ3) is 3.18. The maximum Gasteiger partial charge on any atom is 0.123 e. The van der Waals surface area contributed by atoms with Gasteiger partial charge in [-0.15, -0.1) is 0 Å². The fourth-order valence-corrected chi connectivity index (χ4v) is 1.92. The van der Waals surface area contributed by atoms with Gasteiger partial charge in [0.05, 0.1) is 16.8 Å². The summed E-state index contributed by atoms with van der Waals surface area (Å²) in [5.74, 6) is 0.534. The molecule has 18 heavy (non-hydrogen) atoms. The number of nitrogens with two attached hydrogens (primary N) is 1. The molecule has 0 aromatic carbocycles. The molecule has 0 aliphatic rings. The van der Waals surface area contributed by atoms with E-state index in [4.69, 9.17) is 17.3 Å². The van der Waals surface area contributed by atoms with Crippen molar-refractivity contribution in [1.29, 1.82) is 0 Å². The van der Waals surface area contributed by atoms with Gasteiger partial charge in [-0.3, -0.25) is 4.98 Å². The summed E-state index contributed by atoms with van der Waals surface area (Å²) >= 11 is 5.83. The highest BCUT2D eigenvalue weighted by atomic mass is 35.5. The summed E-state index contributed by atoms with van der Waals surface area (Å²) < 4.78 is 0. The van der Waals surface area contributed by atoms with E-state index in [0.717, 1.165) is 17.7 Å². The third-order valence-corrected chi connectivity index (χ3v) is 2.96. The summed E-state index contributed by atoms with van der Waals surface area (Å²) in [6, 6.07) is 7.73. The minimum atomic E-state index is 0.129. The Bertz CT molecular complexity index is 513. The first-order chi connectivity index (χ1) is 8.69. The molecule has 0 fully saturated rings. The molecule has 94 valence electrons. The molecular formula is C13H15ClN4. The van der Waals surface area contributed by atoms with Crippen molar-refractivity contribution in [2.45, 2.75) is 12.5 Å². The Balaban J connectivity index is 2.17. The van der Waals surface area contributed by atoms with Crippen LogP contribution in [0.4, 0.5) is 5.82 Å². The number of rotatable bonds is 4. The van der Waals surface area contributed by atoms with Gasteiger partial charge in [-0.25, -0.2) is 4.98 Å². The van der Waals surface area contributed by atoms with Gasteiger partial charge >= 0.3 is 0 Å². The Morgan fingerprint density at radius 1 is 1.33 bits per heavy atom. The average Bonchev–Trinajstić information content (AvgIpc) is 2.37. The topological polar surface area (TPSA) is 63.8 Å². The van der Waals surface area contributed by atoms with Crippen LogP contribution in [0, 0.1) is 0 Å². The van der Waals surface area contributed by atoms with Crippen LogP contribution in [0.3, 0.4) is 0 Å². The van der Waals surface area contributed by atoms with E-state index < -0.39 is 0 Å². The SMILES string of the molecule is CNC(Cc1ccnc(N)c1)c1ccc(Cl)cn1. The molecule has 3 N–H and O–H groups in total. The van der Waals surface area contributed by atoms with Crippen molar-refractivity contribution >= 4 is 17.4 Å². The van der Waals surface area contributed by atoms with Gasteiger partial charge in [-0.05, 0) is 43.3 Å². The van der Waals surface area contributed by atoms with Crippen molar-refractivity contribution in [1.82, 2.24) is 15.3 Å². The molecule has 2 rings (SSSR count). The summed E-state index contributed by atoms with van der Waals surface area (Å²) in [6.07, 6.45) is 4.17. The molecule has 2 aromatic heterocycles. The normalized spacial score (nSPS) is 12.3. The van der Waals surface area contributed by atoms with Gasteiger partial charge in [0.2, 0.25) is 0 Å². The molecule has 1 unspecified atom stereocenters. The fourth-order valence-electron chi connectivity index (χ4n) is 1.80. The number of halogens is 1. The number of nitrogens with one attached hydrogen (secondary N) is 1. The van der Waals surface area contributed by atoms with Crippen molar-refractivity contribution in [3.8, 4) is 0 Å². The first-order valence-corrected chi connectivity index (χ1v) is 6.06. The maximum absolute atomic E-state index is 5.83. The van der Waals surface area contributed by atoms with Gasteiger partial charge in [-0.1, -0.05) is 11.6 Å². The highest BCUT2D eigenvalue weighted by molar-refractivity contribution is 6.30. The largest absolute Gasteiger partial charge is 0.384 e. The van der Waals surface area contributed by atoms with E-state index in [0.29, 0.717) is 10.8 Å². The molecular weight excluding hydrogens is 248 g/mol. The summed E-state index contributed by atoms with van der Waals surface area (Å²) in [6.45, 7) is 0. The maximum atomic E-state index is 5.83. The molecule has 2 heterocycles. The first kappa shape index (κ1) is 12.8. The molecule has 0 spiro atoms. The second kappa shape index (κ2) is 5.80. The van der Waals surface area contributed by atoms with E-state index in [2.05, 4.69) is 15.3 Å². The lowest BCUT2D eigenvalue weighted by Gasteiger charge is -2.15. The standard InChI is InChI=1S/C13H15ClN4/c1-16-12(11-3-2-10(14)8-18-11)6-9-4-5-17-13(15)7-9/h2-5,7-8,12,16H,6H2,1H3,(H2,15,17). The quantitative estimate of drug-likeness (QED) is 0.887. The van der Waals surface area contributed by atoms with E-state index >= 15 is 0 Å². The molecule has 0 bridgehead atoms. The van der Waals surface area contributed by atoms with Crippen LogP contribution in [0.5, 0.6) is 0 Å². The number of hydrogen-bond acceptors (Lipinski definition) is 4. The molecule has 1 atom stereocenters. The van der Waals surface area contributed by atoms with Crippen molar-refractivity contribution < 1.29 is 0 Å². The number of nitrogens with zero attached hydrogens (tertiary/aromatic N) is 2. The smallest absolute Gasteiger partial charge is 0.123 e. The van der Waals surface area contributed by atoms with E-state index in [1.165, 1.54) is 0 Å². The van der Waals surface area contributed by atoms with Crippen LogP contribution >= 0.6 is 11.6 Å². The second-order valence-electron chi connectivity index (χ2n) is 4.04. The third-order valence-electron chi connectivity index (χ3n) is 2.74. The Morgan fingerprint density at radius 2 is 2.17 bits per heavy atom. The predicted molar refractivity (Wildman–Crippen MR) is 73.4 cm³/mol.